The van der Waals surface area contributed by atoms with Gasteiger partial charge in [0.05, 0.1) is 6.67 Å². The number of hydrogen-bond donors (Lipinski definition) is 1. The highest BCUT2D eigenvalue weighted by molar-refractivity contribution is 7.80. The summed E-state index contributed by atoms with van der Waals surface area (Å²) in [7, 11) is 0. The normalized spacial score (nSPS) is 20.4. The first kappa shape index (κ1) is 13.3. The van der Waals surface area contributed by atoms with Gasteiger partial charge in [-0.1, -0.05) is 27.7 Å². The van der Waals surface area contributed by atoms with Crippen molar-refractivity contribution in [3.8, 4) is 0 Å². The van der Waals surface area contributed by atoms with E-state index in [1.54, 1.807) is 0 Å². The zero-order valence-electron chi connectivity index (χ0n) is 10.7. The Balaban J connectivity index is 2.34. The summed E-state index contributed by atoms with van der Waals surface area (Å²) in [6.45, 7) is 14.1. The molecule has 0 spiro atoms. The minimum atomic E-state index is 0.445. The van der Waals surface area contributed by atoms with E-state index in [1.165, 1.54) is 26.1 Å². The van der Waals surface area contributed by atoms with Gasteiger partial charge < -0.3 is 0 Å². The van der Waals surface area contributed by atoms with E-state index in [0.717, 1.165) is 18.5 Å². The highest BCUT2D eigenvalue weighted by Crippen LogP contribution is 2.27. The summed E-state index contributed by atoms with van der Waals surface area (Å²) in [6, 6.07) is 0. The van der Waals surface area contributed by atoms with Crippen LogP contribution in [0.5, 0.6) is 0 Å². The first-order valence-electron chi connectivity index (χ1n) is 5.98. The number of nitrogens with zero attached hydrogens (tertiary/aromatic N) is 2. The predicted molar refractivity (Wildman–Crippen MR) is 70.2 cm³/mol. The molecule has 3 heteroatoms. The van der Waals surface area contributed by atoms with E-state index in [2.05, 4.69) is 50.1 Å². The Morgan fingerprint density at radius 1 is 1.20 bits per heavy atom. The minimum Gasteiger partial charge on any atom is -0.289 e. The molecule has 0 unspecified atom stereocenters. The number of thiol groups is 1. The molecule has 1 saturated heterocycles. The Morgan fingerprint density at radius 3 is 2.27 bits per heavy atom. The number of hydrogen-bond acceptors (Lipinski definition) is 3. The molecule has 1 aliphatic rings. The summed E-state index contributed by atoms with van der Waals surface area (Å²) in [5.74, 6) is 1.68. The summed E-state index contributed by atoms with van der Waals surface area (Å²) >= 11 is 4.32. The van der Waals surface area contributed by atoms with Crippen molar-refractivity contribution < 1.29 is 0 Å². The molecule has 0 aromatic rings. The first-order valence-corrected chi connectivity index (χ1v) is 6.62. The molecule has 0 bridgehead atoms. The summed E-state index contributed by atoms with van der Waals surface area (Å²) < 4.78 is 0. The fourth-order valence-corrected chi connectivity index (χ4v) is 2.96. The number of rotatable bonds is 5. The molecule has 0 aromatic heterocycles. The molecule has 1 rings (SSSR count). The lowest BCUT2D eigenvalue weighted by atomic mass is 9.83. The smallest absolute Gasteiger partial charge is 0.0514 e. The van der Waals surface area contributed by atoms with Crippen LogP contribution in [0, 0.1) is 11.3 Å². The highest BCUT2D eigenvalue weighted by Gasteiger charge is 2.26. The summed E-state index contributed by atoms with van der Waals surface area (Å²) in [4.78, 5) is 4.94. The molecule has 0 amide bonds. The summed E-state index contributed by atoms with van der Waals surface area (Å²) in [5.41, 5.74) is 0.445. The van der Waals surface area contributed by atoms with E-state index in [9.17, 15) is 0 Å². The van der Waals surface area contributed by atoms with Crippen molar-refractivity contribution in [2.75, 3.05) is 32.2 Å². The molecule has 0 radical (unpaired) electrons. The molecule has 0 aromatic carbocycles. The van der Waals surface area contributed by atoms with Crippen molar-refractivity contribution >= 4 is 12.6 Å². The lowest BCUT2D eigenvalue weighted by Crippen LogP contribution is -2.34. The molecule has 1 fully saturated rings. The molecule has 1 aliphatic heterocycles. The van der Waals surface area contributed by atoms with Gasteiger partial charge in [0.1, 0.15) is 0 Å². The van der Waals surface area contributed by atoms with Crippen LogP contribution < -0.4 is 0 Å². The molecule has 0 saturated carbocycles. The van der Waals surface area contributed by atoms with Crippen molar-refractivity contribution in [3.63, 3.8) is 0 Å². The molecule has 0 atom stereocenters. The highest BCUT2D eigenvalue weighted by atomic mass is 32.1. The average molecular weight is 230 g/mol. The van der Waals surface area contributed by atoms with Crippen LogP contribution >= 0.6 is 12.6 Å². The van der Waals surface area contributed by atoms with Gasteiger partial charge in [-0.2, -0.15) is 12.6 Å². The van der Waals surface area contributed by atoms with Crippen LogP contribution in [-0.2, 0) is 0 Å². The average Bonchev–Trinajstić information content (AvgIpc) is 2.48. The van der Waals surface area contributed by atoms with Gasteiger partial charge in [-0.15, -0.1) is 0 Å². The Labute approximate surface area is 100 Å². The zero-order valence-corrected chi connectivity index (χ0v) is 11.6. The SMILES string of the molecule is CC(C)CC(C)(C)CN1CCN(CS)C1. The zero-order chi connectivity index (χ0) is 11.5. The Hall–Kier alpha value is 0.270. The Bertz CT molecular complexity index is 192. The third-order valence-electron chi connectivity index (χ3n) is 2.94. The standard InChI is InChI=1S/C12H26N2S/c1-11(2)7-12(3,4)8-13-5-6-14(9-13)10-15/h11,15H,5-10H2,1-4H3. The largest absolute Gasteiger partial charge is 0.289 e. The fraction of sp³-hybridized carbons (Fsp3) is 1.00. The molecule has 2 nitrogen and oxygen atoms in total. The van der Waals surface area contributed by atoms with Gasteiger partial charge in [0.2, 0.25) is 0 Å². The molecule has 90 valence electrons. The summed E-state index contributed by atoms with van der Waals surface area (Å²) in [5, 5.41) is 0. The monoisotopic (exact) mass is 230 g/mol. The van der Waals surface area contributed by atoms with E-state index in [1.807, 2.05) is 0 Å². The maximum Gasteiger partial charge on any atom is 0.0514 e. The van der Waals surface area contributed by atoms with Crippen molar-refractivity contribution in [1.29, 1.82) is 0 Å². The Kier molecular flexibility index (Phi) is 4.94. The van der Waals surface area contributed by atoms with Crippen LogP contribution in [0.1, 0.15) is 34.1 Å². The van der Waals surface area contributed by atoms with Crippen LogP contribution in [0.4, 0.5) is 0 Å². The molecule has 15 heavy (non-hydrogen) atoms. The van der Waals surface area contributed by atoms with Crippen molar-refractivity contribution in [3.05, 3.63) is 0 Å². The van der Waals surface area contributed by atoms with E-state index >= 15 is 0 Å². The van der Waals surface area contributed by atoms with Crippen LogP contribution in [0.15, 0.2) is 0 Å². The Morgan fingerprint density at radius 2 is 1.80 bits per heavy atom. The molecule has 1 heterocycles. The lowest BCUT2D eigenvalue weighted by molar-refractivity contribution is 0.162. The van der Waals surface area contributed by atoms with E-state index < -0.39 is 0 Å². The maximum atomic E-state index is 4.32. The summed E-state index contributed by atoms with van der Waals surface area (Å²) in [6.07, 6.45) is 1.31. The lowest BCUT2D eigenvalue weighted by Gasteiger charge is -2.31. The molecular weight excluding hydrogens is 204 g/mol. The van der Waals surface area contributed by atoms with Crippen LogP contribution in [0.3, 0.4) is 0 Å². The van der Waals surface area contributed by atoms with E-state index in [-0.39, 0.29) is 0 Å². The minimum absolute atomic E-state index is 0.445. The third kappa shape index (κ3) is 4.75. The quantitative estimate of drug-likeness (QED) is 0.725. The van der Waals surface area contributed by atoms with Crippen LogP contribution in [-0.4, -0.2) is 42.0 Å². The second-order valence-corrected chi connectivity index (χ2v) is 6.27. The first-order chi connectivity index (χ1) is 6.93. The van der Waals surface area contributed by atoms with Gasteiger partial charge >= 0.3 is 0 Å². The van der Waals surface area contributed by atoms with Gasteiger partial charge in [0.15, 0.2) is 0 Å². The topological polar surface area (TPSA) is 6.48 Å². The second kappa shape index (κ2) is 5.55. The van der Waals surface area contributed by atoms with Gasteiger partial charge in [-0.25, -0.2) is 0 Å². The van der Waals surface area contributed by atoms with Crippen molar-refractivity contribution in [2.45, 2.75) is 34.1 Å². The molecule has 0 aliphatic carbocycles. The third-order valence-corrected chi connectivity index (χ3v) is 3.34. The molecule has 0 N–H and O–H groups in total. The van der Waals surface area contributed by atoms with Gasteiger partial charge in [-0.3, -0.25) is 9.80 Å². The van der Waals surface area contributed by atoms with Gasteiger partial charge in [0.25, 0.3) is 0 Å². The van der Waals surface area contributed by atoms with Crippen LogP contribution in [0.2, 0.25) is 0 Å². The molecular formula is C12H26N2S. The maximum absolute atomic E-state index is 4.32. The van der Waals surface area contributed by atoms with Crippen molar-refractivity contribution in [2.24, 2.45) is 11.3 Å². The predicted octanol–water partition coefficient (Wildman–Crippen LogP) is 2.52. The van der Waals surface area contributed by atoms with Crippen molar-refractivity contribution in [1.82, 2.24) is 9.80 Å². The fourth-order valence-electron chi connectivity index (χ4n) is 2.73. The van der Waals surface area contributed by atoms with Crippen LogP contribution in [0.25, 0.3) is 0 Å². The van der Waals surface area contributed by atoms with Gasteiger partial charge in [0, 0.05) is 25.5 Å². The van der Waals surface area contributed by atoms with Gasteiger partial charge in [-0.05, 0) is 17.8 Å². The van der Waals surface area contributed by atoms with E-state index in [4.69, 9.17) is 0 Å². The second-order valence-electron chi connectivity index (χ2n) is 5.99. The van der Waals surface area contributed by atoms with E-state index in [0.29, 0.717) is 5.41 Å².